The molecule has 1 aromatic carbocycles. The predicted octanol–water partition coefficient (Wildman–Crippen LogP) is 3.67. The highest BCUT2D eigenvalue weighted by Crippen LogP contribution is 2.37. The summed E-state index contributed by atoms with van der Waals surface area (Å²) >= 11 is 0. The van der Waals surface area contributed by atoms with Crippen molar-refractivity contribution >= 4 is 0 Å². The molecule has 0 atom stereocenters. The molecule has 4 aromatic rings. The van der Waals surface area contributed by atoms with E-state index in [0.717, 1.165) is 16.8 Å². The Morgan fingerprint density at radius 2 is 1.38 bits per heavy atom. The fraction of sp³-hybridized carbons (Fsp3) is 0.0500. The molecule has 0 spiro atoms. The van der Waals surface area contributed by atoms with Gasteiger partial charge in [-0.2, -0.15) is 0 Å². The second kappa shape index (κ2) is 7.06. The Bertz CT molecular complexity index is 1020. The third-order valence-electron chi connectivity index (χ3n) is 3.90. The molecule has 4 rings (SSSR count). The third kappa shape index (κ3) is 2.88. The summed E-state index contributed by atoms with van der Waals surface area (Å²) in [5.74, 6) is 1.16. The van der Waals surface area contributed by atoms with Gasteiger partial charge in [-0.3, -0.25) is 4.98 Å². The van der Waals surface area contributed by atoms with Gasteiger partial charge in [0.2, 0.25) is 0 Å². The molecular weight excluding hydrogens is 326 g/mol. The highest BCUT2D eigenvalue weighted by Gasteiger charge is 2.21. The fourth-order valence-electron chi connectivity index (χ4n) is 2.75. The van der Waals surface area contributed by atoms with Gasteiger partial charge < -0.3 is 4.74 Å². The Morgan fingerprint density at radius 1 is 0.654 bits per heavy atom. The van der Waals surface area contributed by atoms with Crippen LogP contribution in [0.25, 0.3) is 34.0 Å². The van der Waals surface area contributed by atoms with E-state index in [1.807, 2.05) is 42.5 Å². The molecule has 0 N–H and O–H groups in total. The summed E-state index contributed by atoms with van der Waals surface area (Å²) in [7, 11) is 1.61. The molecule has 0 fully saturated rings. The van der Waals surface area contributed by atoms with Gasteiger partial charge in [-0.25, -0.2) is 19.9 Å². The van der Waals surface area contributed by atoms with Gasteiger partial charge in [0, 0.05) is 24.2 Å². The number of ether oxygens (including phenoxy) is 1. The van der Waals surface area contributed by atoms with Crippen molar-refractivity contribution < 1.29 is 4.74 Å². The van der Waals surface area contributed by atoms with E-state index in [1.54, 1.807) is 31.8 Å². The van der Waals surface area contributed by atoms with Gasteiger partial charge in [-0.1, -0.05) is 30.3 Å². The molecule has 0 saturated heterocycles. The molecule has 6 nitrogen and oxygen atoms in total. The summed E-state index contributed by atoms with van der Waals surface area (Å²) in [6.45, 7) is 0. The van der Waals surface area contributed by atoms with Crippen molar-refractivity contribution in [2.75, 3.05) is 7.11 Å². The zero-order valence-corrected chi connectivity index (χ0v) is 14.1. The van der Waals surface area contributed by atoms with Gasteiger partial charge in [0.1, 0.15) is 23.5 Å². The first kappa shape index (κ1) is 15.8. The minimum Gasteiger partial charge on any atom is -0.494 e. The highest BCUT2D eigenvalue weighted by atomic mass is 16.5. The monoisotopic (exact) mass is 341 g/mol. The number of rotatable bonds is 4. The topological polar surface area (TPSA) is 73.7 Å². The van der Waals surface area contributed by atoms with Crippen LogP contribution in [-0.2, 0) is 0 Å². The van der Waals surface area contributed by atoms with E-state index in [4.69, 9.17) is 4.74 Å². The minimum absolute atomic E-state index is 0.537. The van der Waals surface area contributed by atoms with Crippen molar-refractivity contribution in [3.63, 3.8) is 0 Å². The standard InChI is InChI=1S/C20H15N5O/c1-26-15-9-5-10-21-18(15)19-16(20-22-11-6-12-23-20)17(24-13-25-19)14-7-3-2-4-8-14/h2-13H,1H3. The van der Waals surface area contributed by atoms with Gasteiger partial charge in [0.15, 0.2) is 5.82 Å². The first-order valence-electron chi connectivity index (χ1n) is 8.05. The van der Waals surface area contributed by atoms with Gasteiger partial charge in [-0.15, -0.1) is 0 Å². The average molecular weight is 341 g/mol. The van der Waals surface area contributed by atoms with Crippen molar-refractivity contribution in [2.45, 2.75) is 0 Å². The van der Waals surface area contributed by atoms with E-state index < -0.39 is 0 Å². The van der Waals surface area contributed by atoms with Crippen LogP contribution in [0, 0.1) is 0 Å². The summed E-state index contributed by atoms with van der Waals surface area (Å²) in [5.41, 5.74) is 3.67. The maximum Gasteiger partial charge on any atom is 0.163 e. The largest absolute Gasteiger partial charge is 0.494 e. The quantitative estimate of drug-likeness (QED) is 0.564. The van der Waals surface area contributed by atoms with Crippen molar-refractivity contribution in [3.8, 4) is 39.8 Å². The number of aromatic nitrogens is 5. The molecule has 0 aliphatic rings. The molecule has 126 valence electrons. The van der Waals surface area contributed by atoms with Crippen LogP contribution >= 0.6 is 0 Å². The maximum absolute atomic E-state index is 5.47. The SMILES string of the molecule is COc1cccnc1-c1ncnc(-c2ccccc2)c1-c1ncccn1. The van der Waals surface area contributed by atoms with Crippen LogP contribution in [0.4, 0.5) is 0 Å². The van der Waals surface area contributed by atoms with Gasteiger partial charge >= 0.3 is 0 Å². The van der Waals surface area contributed by atoms with Crippen molar-refractivity contribution in [2.24, 2.45) is 0 Å². The van der Waals surface area contributed by atoms with Crippen LogP contribution in [0.3, 0.4) is 0 Å². The predicted molar refractivity (Wildman–Crippen MR) is 98.3 cm³/mol. The lowest BCUT2D eigenvalue weighted by Gasteiger charge is -2.13. The number of hydrogen-bond donors (Lipinski definition) is 0. The van der Waals surface area contributed by atoms with Gasteiger partial charge in [0.25, 0.3) is 0 Å². The smallest absolute Gasteiger partial charge is 0.163 e. The molecule has 26 heavy (non-hydrogen) atoms. The van der Waals surface area contributed by atoms with Crippen molar-refractivity contribution in [3.05, 3.63) is 73.4 Å². The van der Waals surface area contributed by atoms with Crippen molar-refractivity contribution in [1.29, 1.82) is 0 Å². The zero-order chi connectivity index (χ0) is 17.8. The summed E-state index contributed by atoms with van der Waals surface area (Å²) < 4.78 is 5.47. The molecule has 3 heterocycles. The Hall–Kier alpha value is -3.67. The second-order valence-electron chi connectivity index (χ2n) is 5.44. The van der Waals surface area contributed by atoms with Crippen LogP contribution in [0.15, 0.2) is 73.4 Å². The summed E-state index contributed by atoms with van der Waals surface area (Å²) in [6, 6.07) is 15.3. The fourth-order valence-corrected chi connectivity index (χ4v) is 2.75. The number of methoxy groups -OCH3 is 1. The Morgan fingerprint density at radius 3 is 2.15 bits per heavy atom. The minimum atomic E-state index is 0.537. The summed E-state index contributed by atoms with van der Waals surface area (Å²) in [5, 5.41) is 0. The normalized spacial score (nSPS) is 10.5. The highest BCUT2D eigenvalue weighted by molar-refractivity contribution is 5.88. The van der Waals surface area contributed by atoms with Crippen LogP contribution in [0.5, 0.6) is 5.75 Å². The average Bonchev–Trinajstić information content (AvgIpc) is 2.74. The summed E-state index contributed by atoms with van der Waals surface area (Å²) in [6.07, 6.45) is 6.63. The van der Waals surface area contributed by atoms with E-state index in [1.165, 1.54) is 6.33 Å². The van der Waals surface area contributed by atoms with Gasteiger partial charge in [0.05, 0.1) is 18.4 Å². The van der Waals surface area contributed by atoms with Gasteiger partial charge in [-0.05, 0) is 18.2 Å². The number of pyridine rings is 1. The third-order valence-corrected chi connectivity index (χ3v) is 3.90. The zero-order valence-electron chi connectivity index (χ0n) is 14.1. The second-order valence-corrected chi connectivity index (χ2v) is 5.44. The molecule has 0 aliphatic carbocycles. The molecule has 0 saturated carbocycles. The van der Waals surface area contributed by atoms with Crippen LogP contribution in [0.1, 0.15) is 0 Å². The lowest BCUT2D eigenvalue weighted by atomic mass is 10.0. The lowest BCUT2D eigenvalue weighted by molar-refractivity contribution is 0.414. The Balaban J connectivity index is 2.04. The molecule has 3 aromatic heterocycles. The molecule has 0 unspecified atom stereocenters. The van der Waals surface area contributed by atoms with Crippen molar-refractivity contribution in [1.82, 2.24) is 24.9 Å². The Labute approximate surface area is 150 Å². The van der Waals surface area contributed by atoms with Crippen LogP contribution in [-0.4, -0.2) is 32.0 Å². The molecule has 0 radical (unpaired) electrons. The molecule has 0 aliphatic heterocycles. The molecular formula is C20H15N5O. The summed E-state index contributed by atoms with van der Waals surface area (Å²) in [4.78, 5) is 22.3. The first-order valence-corrected chi connectivity index (χ1v) is 8.05. The molecule has 0 bridgehead atoms. The Kier molecular flexibility index (Phi) is 4.30. The van der Waals surface area contributed by atoms with E-state index >= 15 is 0 Å². The van der Waals surface area contributed by atoms with Crippen LogP contribution < -0.4 is 4.74 Å². The first-order chi connectivity index (χ1) is 12.9. The van der Waals surface area contributed by atoms with E-state index in [9.17, 15) is 0 Å². The number of nitrogens with zero attached hydrogens (tertiary/aromatic N) is 5. The van der Waals surface area contributed by atoms with E-state index in [2.05, 4.69) is 24.9 Å². The van der Waals surface area contributed by atoms with E-state index in [-0.39, 0.29) is 0 Å². The van der Waals surface area contributed by atoms with E-state index in [0.29, 0.717) is 23.0 Å². The number of hydrogen-bond acceptors (Lipinski definition) is 6. The number of benzene rings is 1. The maximum atomic E-state index is 5.47. The lowest BCUT2D eigenvalue weighted by Crippen LogP contribution is -2.01. The molecule has 0 amide bonds. The van der Waals surface area contributed by atoms with Crippen LogP contribution in [0.2, 0.25) is 0 Å². The molecule has 6 heteroatoms.